The summed E-state index contributed by atoms with van der Waals surface area (Å²) in [5, 5.41) is -0.806. The lowest BCUT2D eigenvalue weighted by atomic mass is 10.4. The minimum Gasteiger partial charge on any atom is -0.280 e. The van der Waals surface area contributed by atoms with E-state index in [1.54, 1.807) is 0 Å². The summed E-state index contributed by atoms with van der Waals surface area (Å²) in [7, 11) is -13.8. The van der Waals surface area contributed by atoms with E-state index in [0.29, 0.717) is 6.20 Å². The molecule has 1 rings (SSSR count). The summed E-state index contributed by atoms with van der Waals surface area (Å²) < 4.78 is 118. The fraction of sp³-hybridized carbons (Fsp3) is 0.429. The summed E-state index contributed by atoms with van der Waals surface area (Å²) in [6.07, 6.45) is 2.19. The summed E-state index contributed by atoms with van der Waals surface area (Å²) >= 11 is 5.34. The Hall–Kier alpha value is -0.990. The van der Waals surface area contributed by atoms with Gasteiger partial charge < -0.3 is 0 Å². The number of alkyl halides is 6. The van der Waals surface area contributed by atoms with Crippen molar-refractivity contribution in [3.63, 3.8) is 0 Å². The molecule has 128 valence electrons. The summed E-state index contributed by atoms with van der Waals surface area (Å²) in [4.78, 5) is 0. The van der Waals surface area contributed by atoms with Gasteiger partial charge in [0.25, 0.3) is 0 Å². The van der Waals surface area contributed by atoms with Gasteiger partial charge in [0, 0.05) is 10.0 Å². The van der Waals surface area contributed by atoms with Gasteiger partial charge in [-0.1, -0.05) is 17.7 Å². The molecule has 0 aromatic rings. The Balaban J connectivity index is 3.60. The lowest BCUT2D eigenvalue weighted by Gasteiger charge is -2.33. The van der Waals surface area contributed by atoms with E-state index in [1.807, 2.05) is 0 Å². The molecule has 0 spiro atoms. The SMILES string of the molecule is O=S(=O)(N(N1C=C(Cl)C=CC1)S(=O)(=O)C(F)(F)F)C(F)(F)F. The maximum Gasteiger partial charge on any atom is 0.514 e. The first-order valence-corrected chi connectivity index (χ1v) is 8.11. The van der Waals surface area contributed by atoms with Gasteiger partial charge in [-0.3, -0.25) is 5.01 Å². The molecule has 15 heteroatoms. The fourth-order valence-electron chi connectivity index (χ4n) is 1.21. The number of hydrogen-bond donors (Lipinski definition) is 0. The van der Waals surface area contributed by atoms with Gasteiger partial charge in [0.2, 0.25) is 0 Å². The standard InChI is InChI=1S/C7H5ClF6N2O4S2/c8-5-2-1-3-15(4-5)16(21(17,18)6(9,10)11)22(19,20)7(12,13)14/h1-2,4H,3H2. The molecule has 1 aliphatic heterocycles. The number of sulfonamides is 2. The Labute approximate surface area is 125 Å². The van der Waals surface area contributed by atoms with Crippen LogP contribution in [0.5, 0.6) is 0 Å². The third-order valence-electron chi connectivity index (χ3n) is 2.05. The van der Waals surface area contributed by atoms with E-state index in [9.17, 15) is 43.2 Å². The summed E-state index contributed by atoms with van der Waals surface area (Å²) in [5.74, 6) is 0. The average molecular weight is 395 g/mol. The normalized spacial score (nSPS) is 17.8. The van der Waals surface area contributed by atoms with Crippen LogP contribution in [0.3, 0.4) is 0 Å². The fourth-order valence-corrected chi connectivity index (χ4v) is 4.08. The number of nitrogens with zero attached hydrogens (tertiary/aromatic N) is 2. The van der Waals surface area contributed by atoms with Gasteiger partial charge in [-0.05, 0) is 6.08 Å². The maximum atomic E-state index is 12.5. The van der Waals surface area contributed by atoms with E-state index in [-0.39, 0.29) is 5.01 Å². The predicted octanol–water partition coefficient (Wildman–Crippen LogP) is 1.85. The lowest BCUT2D eigenvalue weighted by molar-refractivity contribution is -0.0602. The first-order chi connectivity index (χ1) is 9.62. The molecule has 0 bridgehead atoms. The van der Waals surface area contributed by atoms with Crippen LogP contribution in [0.25, 0.3) is 0 Å². The Morgan fingerprint density at radius 1 is 1.00 bits per heavy atom. The van der Waals surface area contributed by atoms with Crippen molar-refractivity contribution in [2.24, 2.45) is 0 Å². The number of rotatable bonds is 3. The van der Waals surface area contributed by atoms with Crippen molar-refractivity contribution in [1.29, 1.82) is 0 Å². The second-order valence-corrected chi connectivity index (χ2v) is 7.80. The number of hydrogen-bond acceptors (Lipinski definition) is 5. The highest BCUT2D eigenvalue weighted by Crippen LogP contribution is 2.37. The Morgan fingerprint density at radius 2 is 1.41 bits per heavy atom. The Bertz CT molecular complexity index is 664. The van der Waals surface area contributed by atoms with Crippen LogP contribution in [0.1, 0.15) is 0 Å². The first kappa shape index (κ1) is 19.1. The zero-order valence-electron chi connectivity index (χ0n) is 9.93. The third kappa shape index (κ3) is 3.33. The van der Waals surface area contributed by atoms with E-state index in [2.05, 4.69) is 0 Å². The molecule has 1 heterocycles. The third-order valence-corrected chi connectivity index (χ3v) is 5.86. The van der Waals surface area contributed by atoms with E-state index in [4.69, 9.17) is 11.6 Å². The summed E-state index contributed by atoms with van der Waals surface area (Å²) in [6.45, 7) is -0.902. The lowest BCUT2D eigenvalue weighted by Crippen LogP contribution is -2.55. The van der Waals surface area contributed by atoms with Crippen molar-refractivity contribution in [1.82, 2.24) is 8.83 Å². The molecule has 0 unspecified atom stereocenters. The van der Waals surface area contributed by atoms with E-state index >= 15 is 0 Å². The molecule has 0 amide bonds. The molecule has 0 fully saturated rings. The highest BCUT2D eigenvalue weighted by Gasteiger charge is 2.63. The molecule has 0 N–H and O–H groups in total. The largest absolute Gasteiger partial charge is 0.514 e. The molecule has 22 heavy (non-hydrogen) atoms. The van der Waals surface area contributed by atoms with Crippen molar-refractivity contribution in [2.75, 3.05) is 6.54 Å². The van der Waals surface area contributed by atoms with Crippen LogP contribution in [-0.4, -0.2) is 43.2 Å². The van der Waals surface area contributed by atoms with Crippen LogP contribution in [0.2, 0.25) is 0 Å². The van der Waals surface area contributed by atoms with E-state index in [0.717, 1.165) is 12.2 Å². The minimum absolute atomic E-state index is 0.300. The van der Waals surface area contributed by atoms with Crippen LogP contribution in [0.15, 0.2) is 23.4 Å². The monoisotopic (exact) mass is 394 g/mol. The van der Waals surface area contributed by atoms with Crippen molar-refractivity contribution < 1.29 is 43.2 Å². The molecule has 6 nitrogen and oxygen atoms in total. The summed E-state index contributed by atoms with van der Waals surface area (Å²) in [6, 6.07) is 0. The van der Waals surface area contributed by atoms with Crippen LogP contribution in [-0.2, 0) is 20.0 Å². The van der Waals surface area contributed by atoms with Crippen LogP contribution in [0.4, 0.5) is 26.3 Å². The van der Waals surface area contributed by atoms with Crippen molar-refractivity contribution >= 4 is 31.6 Å². The molecule has 0 aromatic heterocycles. The highest BCUT2D eigenvalue weighted by atomic mass is 35.5. The number of allylic oxidation sites excluding steroid dienone is 2. The molecule has 0 saturated carbocycles. The molecule has 0 radical (unpaired) electrons. The molecule has 1 aliphatic rings. The zero-order chi connectivity index (χ0) is 17.6. The van der Waals surface area contributed by atoms with Crippen LogP contribution in [0, 0.1) is 0 Å². The maximum absolute atomic E-state index is 12.5. The van der Waals surface area contributed by atoms with Gasteiger partial charge in [-0.15, -0.1) is 0 Å². The van der Waals surface area contributed by atoms with E-state index in [1.165, 1.54) is 0 Å². The number of halogens is 7. The van der Waals surface area contributed by atoms with Crippen LogP contribution < -0.4 is 0 Å². The molecule has 0 aliphatic carbocycles. The predicted molar refractivity (Wildman–Crippen MR) is 61.6 cm³/mol. The van der Waals surface area contributed by atoms with Gasteiger partial charge in [0.1, 0.15) is 0 Å². The zero-order valence-corrected chi connectivity index (χ0v) is 12.3. The molecule has 0 saturated heterocycles. The smallest absolute Gasteiger partial charge is 0.280 e. The summed E-state index contributed by atoms with van der Waals surface area (Å²) in [5.41, 5.74) is -12.6. The Kier molecular flexibility index (Phi) is 4.83. The number of hydrazine groups is 1. The second kappa shape index (κ2) is 5.58. The molecule has 0 aromatic carbocycles. The molecule has 0 atom stereocenters. The first-order valence-electron chi connectivity index (χ1n) is 4.86. The van der Waals surface area contributed by atoms with Gasteiger partial charge in [0.05, 0.1) is 11.6 Å². The quantitative estimate of drug-likeness (QED) is 0.683. The van der Waals surface area contributed by atoms with Crippen molar-refractivity contribution in [2.45, 2.75) is 11.0 Å². The molecular weight excluding hydrogens is 390 g/mol. The van der Waals surface area contributed by atoms with Gasteiger partial charge in [-0.2, -0.15) is 43.2 Å². The van der Waals surface area contributed by atoms with Gasteiger partial charge in [-0.25, -0.2) is 0 Å². The minimum atomic E-state index is -6.89. The van der Waals surface area contributed by atoms with Gasteiger partial charge in [0.15, 0.2) is 0 Å². The highest BCUT2D eigenvalue weighted by molar-refractivity contribution is 8.04. The second-order valence-electron chi connectivity index (χ2n) is 3.62. The topological polar surface area (TPSA) is 74.8 Å². The van der Waals surface area contributed by atoms with Crippen molar-refractivity contribution in [3.8, 4) is 0 Å². The average Bonchev–Trinajstić information content (AvgIpc) is 2.24. The molecular formula is C7H5ClF6N2O4S2. The van der Waals surface area contributed by atoms with E-state index < -0.39 is 46.5 Å². The van der Waals surface area contributed by atoms with Crippen LogP contribution >= 0.6 is 11.6 Å². The Morgan fingerprint density at radius 3 is 1.73 bits per heavy atom. The van der Waals surface area contributed by atoms with Crippen molar-refractivity contribution in [3.05, 3.63) is 23.4 Å². The van der Waals surface area contributed by atoms with Gasteiger partial charge >= 0.3 is 31.1 Å².